The van der Waals surface area contributed by atoms with E-state index in [1.54, 1.807) is 7.11 Å². The van der Waals surface area contributed by atoms with Gasteiger partial charge in [-0.05, 0) is 18.4 Å². The summed E-state index contributed by atoms with van der Waals surface area (Å²) < 4.78 is 4.84. The molecule has 0 aromatic heterocycles. The van der Waals surface area contributed by atoms with Gasteiger partial charge in [-0.2, -0.15) is 0 Å². The Morgan fingerprint density at radius 1 is 1.33 bits per heavy atom. The van der Waals surface area contributed by atoms with Crippen molar-refractivity contribution in [2.75, 3.05) is 13.7 Å². The second kappa shape index (κ2) is 7.21. The first-order chi connectivity index (χ1) is 7.33. The highest BCUT2D eigenvalue weighted by Gasteiger charge is 2.00. The zero-order chi connectivity index (χ0) is 10.9. The standard InChI is InChI=1S/C13H18O2/c1-15-11-13(14)10-6-5-9-12-7-3-2-4-8-12/h2-5,7-9,13-14H,6,10-11H2,1H3. The van der Waals surface area contributed by atoms with Gasteiger partial charge in [0.05, 0.1) is 12.7 Å². The molecule has 0 aliphatic carbocycles. The topological polar surface area (TPSA) is 29.5 Å². The highest BCUT2D eigenvalue weighted by atomic mass is 16.5. The van der Waals surface area contributed by atoms with Crippen LogP contribution in [-0.2, 0) is 4.74 Å². The van der Waals surface area contributed by atoms with Crippen LogP contribution in [0.3, 0.4) is 0 Å². The smallest absolute Gasteiger partial charge is 0.0776 e. The average molecular weight is 206 g/mol. The van der Waals surface area contributed by atoms with E-state index >= 15 is 0 Å². The number of allylic oxidation sites excluding steroid dienone is 1. The first kappa shape index (κ1) is 12.0. The maximum atomic E-state index is 9.39. The molecule has 2 nitrogen and oxygen atoms in total. The molecule has 1 aromatic rings. The van der Waals surface area contributed by atoms with Crippen molar-refractivity contribution in [3.63, 3.8) is 0 Å². The van der Waals surface area contributed by atoms with E-state index in [0.717, 1.165) is 12.8 Å². The molecular formula is C13H18O2. The molecule has 0 heterocycles. The normalized spacial score (nSPS) is 13.2. The molecule has 0 fully saturated rings. The molecule has 0 radical (unpaired) electrons. The third-order valence-electron chi connectivity index (χ3n) is 2.14. The number of rotatable bonds is 6. The van der Waals surface area contributed by atoms with Crippen molar-refractivity contribution in [3.8, 4) is 0 Å². The molecule has 82 valence electrons. The Morgan fingerprint density at radius 3 is 2.73 bits per heavy atom. The molecule has 15 heavy (non-hydrogen) atoms. The van der Waals surface area contributed by atoms with Crippen molar-refractivity contribution in [1.82, 2.24) is 0 Å². The zero-order valence-corrected chi connectivity index (χ0v) is 9.10. The van der Waals surface area contributed by atoms with Crippen LogP contribution < -0.4 is 0 Å². The van der Waals surface area contributed by atoms with Gasteiger partial charge in [0.1, 0.15) is 0 Å². The van der Waals surface area contributed by atoms with Crippen LogP contribution in [0.1, 0.15) is 18.4 Å². The zero-order valence-electron chi connectivity index (χ0n) is 9.10. The first-order valence-corrected chi connectivity index (χ1v) is 5.21. The predicted molar refractivity (Wildman–Crippen MR) is 62.6 cm³/mol. The van der Waals surface area contributed by atoms with E-state index < -0.39 is 0 Å². The van der Waals surface area contributed by atoms with Gasteiger partial charge in [0.25, 0.3) is 0 Å². The Labute approximate surface area is 91.2 Å². The van der Waals surface area contributed by atoms with Gasteiger partial charge in [0.15, 0.2) is 0 Å². The fourth-order valence-corrected chi connectivity index (χ4v) is 1.35. The number of hydrogen-bond donors (Lipinski definition) is 1. The summed E-state index contributed by atoms with van der Waals surface area (Å²) in [5.41, 5.74) is 1.19. The fourth-order valence-electron chi connectivity index (χ4n) is 1.35. The second-order valence-corrected chi connectivity index (χ2v) is 3.50. The van der Waals surface area contributed by atoms with Crippen molar-refractivity contribution in [3.05, 3.63) is 42.0 Å². The predicted octanol–water partition coefficient (Wildman–Crippen LogP) is 2.49. The van der Waals surface area contributed by atoms with Gasteiger partial charge in [-0.15, -0.1) is 0 Å². The summed E-state index contributed by atoms with van der Waals surface area (Å²) in [5.74, 6) is 0. The second-order valence-electron chi connectivity index (χ2n) is 3.50. The molecule has 1 atom stereocenters. The summed E-state index contributed by atoms with van der Waals surface area (Å²) in [5, 5.41) is 9.39. The van der Waals surface area contributed by atoms with Crippen molar-refractivity contribution >= 4 is 6.08 Å². The lowest BCUT2D eigenvalue weighted by atomic mass is 10.1. The van der Waals surface area contributed by atoms with Gasteiger partial charge >= 0.3 is 0 Å². The summed E-state index contributed by atoms with van der Waals surface area (Å²) in [6, 6.07) is 10.1. The highest BCUT2D eigenvalue weighted by molar-refractivity contribution is 5.48. The molecular weight excluding hydrogens is 188 g/mol. The summed E-state index contributed by atoms with van der Waals surface area (Å²) in [4.78, 5) is 0. The largest absolute Gasteiger partial charge is 0.391 e. The van der Waals surface area contributed by atoms with E-state index in [4.69, 9.17) is 4.74 Å². The minimum atomic E-state index is -0.351. The van der Waals surface area contributed by atoms with Crippen LogP contribution in [0.25, 0.3) is 6.08 Å². The molecule has 0 spiro atoms. The van der Waals surface area contributed by atoms with Crippen LogP contribution in [0.15, 0.2) is 36.4 Å². The van der Waals surface area contributed by atoms with Gasteiger partial charge in [-0.3, -0.25) is 0 Å². The van der Waals surface area contributed by atoms with Crippen molar-refractivity contribution in [1.29, 1.82) is 0 Å². The van der Waals surface area contributed by atoms with Crippen LogP contribution in [-0.4, -0.2) is 24.9 Å². The van der Waals surface area contributed by atoms with Gasteiger partial charge < -0.3 is 9.84 Å². The molecule has 1 rings (SSSR count). The Bertz CT molecular complexity index is 280. The van der Waals surface area contributed by atoms with Gasteiger partial charge in [0.2, 0.25) is 0 Å². The number of hydrogen-bond acceptors (Lipinski definition) is 2. The van der Waals surface area contributed by atoms with Crippen molar-refractivity contribution in [2.45, 2.75) is 18.9 Å². The Hall–Kier alpha value is -1.12. The molecule has 0 bridgehead atoms. The maximum absolute atomic E-state index is 9.39. The quantitative estimate of drug-likeness (QED) is 0.774. The Balaban J connectivity index is 2.23. The molecule has 1 N–H and O–H groups in total. The summed E-state index contributed by atoms with van der Waals surface area (Å²) in [7, 11) is 1.60. The number of methoxy groups -OCH3 is 1. The Morgan fingerprint density at radius 2 is 2.07 bits per heavy atom. The third-order valence-corrected chi connectivity index (χ3v) is 2.14. The average Bonchev–Trinajstić information content (AvgIpc) is 2.26. The molecule has 0 aliphatic rings. The van der Waals surface area contributed by atoms with Crippen molar-refractivity contribution < 1.29 is 9.84 Å². The van der Waals surface area contributed by atoms with Crippen molar-refractivity contribution in [2.24, 2.45) is 0 Å². The highest BCUT2D eigenvalue weighted by Crippen LogP contribution is 2.04. The third kappa shape index (κ3) is 5.35. The van der Waals surface area contributed by atoms with Crippen LogP contribution in [0, 0.1) is 0 Å². The molecule has 0 saturated carbocycles. The first-order valence-electron chi connectivity index (χ1n) is 5.21. The van der Waals surface area contributed by atoms with E-state index in [-0.39, 0.29) is 6.10 Å². The monoisotopic (exact) mass is 206 g/mol. The molecule has 0 amide bonds. The molecule has 0 aliphatic heterocycles. The maximum Gasteiger partial charge on any atom is 0.0776 e. The lowest BCUT2D eigenvalue weighted by molar-refractivity contribution is 0.0600. The number of benzene rings is 1. The van der Waals surface area contributed by atoms with Crippen LogP contribution in [0.5, 0.6) is 0 Å². The van der Waals surface area contributed by atoms with E-state index in [1.165, 1.54) is 5.56 Å². The lowest BCUT2D eigenvalue weighted by Gasteiger charge is -2.06. The van der Waals surface area contributed by atoms with Gasteiger partial charge in [-0.25, -0.2) is 0 Å². The van der Waals surface area contributed by atoms with Crippen LogP contribution >= 0.6 is 0 Å². The minimum absolute atomic E-state index is 0.351. The van der Waals surface area contributed by atoms with E-state index in [0.29, 0.717) is 6.61 Å². The SMILES string of the molecule is COCC(O)CCC=Cc1ccccc1. The molecule has 2 heteroatoms. The summed E-state index contributed by atoms with van der Waals surface area (Å²) in [6.07, 6.45) is 5.42. The summed E-state index contributed by atoms with van der Waals surface area (Å²) in [6.45, 7) is 0.416. The lowest BCUT2D eigenvalue weighted by Crippen LogP contribution is -2.12. The van der Waals surface area contributed by atoms with E-state index in [1.807, 2.05) is 18.2 Å². The van der Waals surface area contributed by atoms with E-state index in [9.17, 15) is 5.11 Å². The van der Waals surface area contributed by atoms with Crippen LogP contribution in [0.4, 0.5) is 0 Å². The van der Waals surface area contributed by atoms with Crippen LogP contribution in [0.2, 0.25) is 0 Å². The molecule has 0 saturated heterocycles. The number of aliphatic hydroxyl groups excluding tert-OH is 1. The number of ether oxygens (including phenoxy) is 1. The Kier molecular flexibility index (Phi) is 5.74. The van der Waals surface area contributed by atoms with E-state index in [2.05, 4.69) is 24.3 Å². The van der Waals surface area contributed by atoms with Gasteiger partial charge in [-0.1, -0.05) is 42.5 Å². The summed E-state index contributed by atoms with van der Waals surface area (Å²) >= 11 is 0. The van der Waals surface area contributed by atoms with Gasteiger partial charge in [0, 0.05) is 7.11 Å². The number of aliphatic hydroxyl groups is 1. The molecule has 1 unspecified atom stereocenters. The fraction of sp³-hybridized carbons (Fsp3) is 0.385. The molecule has 1 aromatic carbocycles. The minimum Gasteiger partial charge on any atom is -0.391 e.